The first kappa shape index (κ1) is 10.4. The molecule has 1 heterocycles. The van der Waals surface area contributed by atoms with E-state index in [4.69, 9.17) is 0 Å². The minimum Gasteiger partial charge on any atom is -0.294 e. The molecule has 1 aromatic heterocycles. The molecule has 4 rings (SSSR count). The van der Waals surface area contributed by atoms with E-state index in [2.05, 4.69) is 11.1 Å². The lowest BCUT2D eigenvalue weighted by molar-refractivity contribution is -0.113. The summed E-state index contributed by atoms with van der Waals surface area (Å²) in [5, 5.41) is 3.20. The molecule has 1 aromatic carbocycles. The fourth-order valence-corrected chi connectivity index (χ4v) is 2.81. The van der Waals surface area contributed by atoms with Gasteiger partial charge in [0.25, 0.3) is 0 Å². The maximum atomic E-state index is 12.2. The minimum atomic E-state index is 0.185. The Morgan fingerprint density at radius 3 is 3.05 bits per heavy atom. The molecular formula is C17H11NO. The van der Waals surface area contributed by atoms with Crippen molar-refractivity contribution in [1.82, 2.24) is 4.98 Å². The van der Waals surface area contributed by atoms with Crippen molar-refractivity contribution in [2.24, 2.45) is 0 Å². The molecule has 0 amide bonds. The highest BCUT2D eigenvalue weighted by atomic mass is 16.1. The summed E-state index contributed by atoms with van der Waals surface area (Å²) in [6.07, 6.45) is 10.2. The summed E-state index contributed by atoms with van der Waals surface area (Å²) < 4.78 is 0. The van der Waals surface area contributed by atoms with Gasteiger partial charge in [0, 0.05) is 28.8 Å². The molecule has 0 spiro atoms. The second-order valence-corrected chi connectivity index (χ2v) is 4.80. The number of rotatable bonds is 0. The number of allylic oxidation sites excluding steroid dienone is 4. The number of nitrogens with zero attached hydrogens (tertiary/aromatic N) is 1. The standard InChI is InChI=1S/C17H11NO/c19-15-6-2-1-4-12-10-14-13(16(12)15)8-7-11-5-3-9-18-17(11)14/h1-5,7-10H,6H2. The Labute approximate surface area is 110 Å². The summed E-state index contributed by atoms with van der Waals surface area (Å²) in [7, 11) is 0. The van der Waals surface area contributed by atoms with Crippen LogP contribution in [0.2, 0.25) is 0 Å². The van der Waals surface area contributed by atoms with Crippen molar-refractivity contribution in [3.63, 3.8) is 0 Å². The Hall–Kier alpha value is -2.48. The topological polar surface area (TPSA) is 30.0 Å². The predicted octanol–water partition coefficient (Wildman–Crippen LogP) is 1.64. The maximum absolute atomic E-state index is 12.2. The summed E-state index contributed by atoms with van der Waals surface area (Å²) in [6.45, 7) is 0. The number of aromatic nitrogens is 1. The van der Waals surface area contributed by atoms with Gasteiger partial charge in [-0.15, -0.1) is 0 Å². The number of ketones is 1. The smallest absolute Gasteiger partial charge is 0.167 e. The van der Waals surface area contributed by atoms with Gasteiger partial charge in [-0.1, -0.05) is 36.4 Å². The Morgan fingerprint density at radius 1 is 1.16 bits per heavy atom. The van der Waals surface area contributed by atoms with Gasteiger partial charge in [0.2, 0.25) is 0 Å². The highest BCUT2D eigenvalue weighted by molar-refractivity contribution is 6.25. The van der Waals surface area contributed by atoms with Crippen LogP contribution in [-0.4, -0.2) is 10.8 Å². The normalized spacial score (nSPS) is 16.7. The number of benzene rings is 1. The molecule has 2 aromatic rings. The lowest BCUT2D eigenvalue weighted by atomic mass is 10.0. The van der Waals surface area contributed by atoms with Gasteiger partial charge < -0.3 is 0 Å². The molecule has 0 N–H and O–H groups in total. The van der Waals surface area contributed by atoms with Gasteiger partial charge in [0.1, 0.15) is 0 Å². The largest absolute Gasteiger partial charge is 0.294 e. The van der Waals surface area contributed by atoms with E-state index < -0.39 is 0 Å². The first-order valence-electron chi connectivity index (χ1n) is 6.35. The van der Waals surface area contributed by atoms with Crippen LogP contribution in [0.3, 0.4) is 0 Å². The first-order valence-corrected chi connectivity index (χ1v) is 6.35. The monoisotopic (exact) mass is 245 g/mol. The summed E-state index contributed by atoms with van der Waals surface area (Å²) in [4.78, 5) is 16.7. The minimum absolute atomic E-state index is 0.185. The maximum Gasteiger partial charge on any atom is 0.167 e. The molecule has 0 saturated carbocycles. The molecule has 0 unspecified atom stereocenters. The van der Waals surface area contributed by atoms with E-state index in [1.54, 1.807) is 6.20 Å². The second-order valence-electron chi connectivity index (χ2n) is 4.80. The number of carbonyl (C=O) groups is 1. The van der Waals surface area contributed by atoms with Crippen molar-refractivity contribution >= 4 is 28.3 Å². The molecule has 0 saturated heterocycles. The first-order chi connectivity index (χ1) is 9.34. The summed E-state index contributed by atoms with van der Waals surface area (Å²) in [5.74, 6) is 0.185. The lowest BCUT2D eigenvalue weighted by Crippen LogP contribution is -2.26. The third-order valence-electron chi connectivity index (χ3n) is 3.67. The quantitative estimate of drug-likeness (QED) is 0.706. The third-order valence-corrected chi connectivity index (χ3v) is 3.67. The fourth-order valence-electron chi connectivity index (χ4n) is 2.81. The van der Waals surface area contributed by atoms with Crippen molar-refractivity contribution in [1.29, 1.82) is 0 Å². The molecule has 0 fully saturated rings. The van der Waals surface area contributed by atoms with Gasteiger partial charge in [0.05, 0.1) is 5.52 Å². The van der Waals surface area contributed by atoms with E-state index in [0.717, 1.165) is 32.5 Å². The van der Waals surface area contributed by atoms with E-state index in [1.807, 2.05) is 42.5 Å². The molecule has 0 atom stereocenters. The molecule has 2 aliphatic rings. The third kappa shape index (κ3) is 1.43. The lowest BCUT2D eigenvalue weighted by Gasteiger charge is -2.00. The van der Waals surface area contributed by atoms with E-state index in [-0.39, 0.29) is 5.78 Å². The number of pyridine rings is 1. The van der Waals surface area contributed by atoms with Crippen molar-refractivity contribution in [2.75, 3.05) is 0 Å². The highest BCUT2D eigenvalue weighted by Gasteiger charge is 2.19. The van der Waals surface area contributed by atoms with Crippen LogP contribution >= 0.6 is 0 Å². The Bertz CT molecular complexity index is 900. The van der Waals surface area contributed by atoms with Crippen LogP contribution in [-0.2, 0) is 4.79 Å². The van der Waals surface area contributed by atoms with Gasteiger partial charge in [-0.2, -0.15) is 0 Å². The van der Waals surface area contributed by atoms with Gasteiger partial charge in [0.15, 0.2) is 5.78 Å². The fraction of sp³-hybridized carbons (Fsp3) is 0.0588. The van der Waals surface area contributed by atoms with Crippen LogP contribution in [0.1, 0.15) is 6.42 Å². The Morgan fingerprint density at radius 2 is 2.11 bits per heavy atom. The molecule has 0 radical (unpaired) electrons. The van der Waals surface area contributed by atoms with Crippen LogP contribution in [0.15, 0.2) is 54.3 Å². The predicted molar refractivity (Wildman–Crippen MR) is 75.7 cm³/mol. The zero-order valence-electron chi connectivity index (χ0n) is 10.3. The van der Waals surface area contributed by atoms with Crippen LogP contribution in [0.5, 0.6) is 0 Å². The molecule has 2 heteroatoms. The molecule has 2 nitrogen and oxygen atoms in total. The number of Topliss-reactive ketones (excluding diaryl/α,β-unsaturated/α-hetero) is 1. The molecule has 19 heavy (non-hydrogen) atoms. The second kappa shape index (κ2) is 3.75. The van der Waals surface area contributed by atoms with Crippen LogP contribution in [0.4, 0.5) is 0 Å². The highest BCUT2D eigenvalue weighted by Crippen LogP contribution is 2.21. The average Bonchev–Trinajstić information content (AvgIpc) is 2.72. The number of hydrogen-bond donors (Lipinski definition) is 0. The number of fused-ring (bicyclic) bond motifs is 4. The summed E-state index contributed by atoms with van der Waals surface area (Å²) in [6, 6.07) is 8.05. The summed E-state index contributed by atoms with van der Waals surface area (Å²) >= 11 is 0. The van der Waals surface area contributed by atoms with Crippen molar-refractivity contribution in [3.05, 3.63) is 64.7 Å². The SMILES string of the molecule is O=C1CC=CC=C2C=c3c(ccc4cccnc34)=C12. The Balaban J connectivity index is 2.23. The zero-order valence-corrected chi connectivity index (χ0v) is 10.3. The van der Waals surface area contributed by atoms with E-state index in [1.165, 1.54) is 0 Å². The van der Waals surface area contributed by atoms with Crippen LogP contribution in [0.25, 0.3) is 22.6 Å². The number of carbonyl (C=O) groups excluding carboxylic acids is 1. The zero-order chi connectivity index (χ0) is 12.8. The van der Waals surface area contributed by atoms with Gasteiger partial charge in [-0.3, -0.25) is 9.78 Å². The van der Waals surface area contributed by atoms with Crippen LogP contribution in [0, 0.1) is 0 Å². The summed E-state index contributed by atoms with van der Waals surface area (Å²) in [5.41, 5.74) is 2.82. The Kier molecular flexibility index (Phi) is 2.06. The van der Waals surface area contributed by atoms with Crippen molar-refractivity contribution in [2.45, 2.75) is 6.42 Å². The van der Waals surface area contributed by atoms with Gasteiger partial charge >= 0.3 is 0 Å². The average molecular weight is 245 g/mol. The molecular weight excluding hydrogens is 234 g/mol. The van der Waals surface area contributed by atoms with Gasteiger partial charge in [-0.05, 0) is 22.9 Å². The molecule has 2 aliphatic carbocycles. The van der Waals surface area contributed by atoms with Gasteiger partial charge in [-0.25, -0.2) is 0 Å². The van der Waals surface area contributed by atoms with Crippen LogP contribution < -0.4 is 10.4 Å². The van der Waals surface area contributed by atoms with Crippen molar-refractivity contribution < 1.29 is 4.79 Å². The van der Waals surface area contributed by atoms with E-state index >= 15 is 0 Å². The number of hydrogen-bond acceptors (Lipinski definition) is 2. The van der Waals surface area contributed by atoms with E-state index in [0.29, 0.717) is 6.42 Å². The van der Waals surface area contributed by atoms with E-state index in [9.17, 15) is 4.79 Å². The molecule has 0 bridgehead atoms. The molecule has 90 valence electrons. The molecule has 0 aliphatic heterocycles. The van der Waals surface area contributed by atoms with Crippen molar-refractivity contribution in [3.8, 4) is 0 Å².